The monoisotopic (exact) mass is 363 g/mol. The SMILES string of the molecule is NC(=O)/C(=C\c1ccccc1Cl)n1c(-c2ccco2)nc2ccccc21. The topological polar surface area (TPSA) is 74.1 Å². The summed E-state index contributed by atoms with van der Waals surface area (Å²) in [5.74, 6) is 0.432. The van der Waals surface area contributed by atoms with Crippen LogP contribution in [0.15, 0.2) is 71.3 Å². The van der Waals surface area contributed by atoms with Gasteiger partial charge in [0.25, 0.3) is 5.91 Å². The molecule has 0 aliphatic carbocycles. The van der Waals surface area contributed by atoms with Crippen molar-refractivity contribution < 1.29 is 9.21 Å². The average molecular weight is 364 g/mol. The minimum Gasteiger partial charge on any atom is -0.461 e. The van der Waals surface area contributed by atoms with Crippen molar-refractivity contribution in [2.45, 2.75) is 0 Å². The number of nitrogens with two attached hydrogens (primary N) is 1. The molecule has 26 heavy (non-hydrogen) atoms. The lowest BCUT2D eigenvalue weighted by atomic mass is 10.1. The molecule has 0 bridgehead atoms. The third-order valence-corrected chi connectivity index (χ3v) is 4.34. The number of carbonyl (C=O) groups is 1. The van der Waals surface area contributed by atoms with E-state index >= 15 is 0 Å². The van der Waals surface area contributed by atoms with Gasteiger partial charge in [-0.15, -0.1) is 0 Å². The fourth-order valence-corrected chi connectivity index (χ4v) is 3.02. The van der Waals surface area contributed by atoms with E-state index in [4.69, 9.17) is 21.8 Å². The second-order valence-electron chi connectivity index (χ2n) is 5.65. The predicted molar refractivity (Wildman–Crippen MR) is 102 cm³/mol. The van der Waals surface area contributed by atoms with Crippen molar-refractivity contribution in [1.82, 2.24) is 9.55 Å². The molecule has 0 unspecified atom stereocenters. The number of benzene rings is 2. The van der Waals surface area contributed by atoms with Crippen LogP contribution in [0.4, 0.5) is 0 Å². The van der Waals surface area contributed by atoms with E-state index in [1.807, 2.05) is 42.5 Å². The number of amides is 1. The number of aromatic nitrogens is 2. The average Bonchev–Trinajstić information content (AvgIpc) is 3.28. The van der Waals surface area contributed by atoms with Gasteiger partial charge in [0.05, 0.1) is 17.3 Å². The standard InChI is InChI=1S/C20H14ClN3O2/c21-14-7-2-1-6-13(14)12-17(19(22)25)24-16-9-4-3-8-15(16)23-20(24)18-10-5-11-26-18/h1-12H,(H2,22,25)/b17-12+. The Kier molecular flexibility index (Phi) is 4.07. The number of hydrogen-bond donors (Lipinski definition) is 1. The number of para-hydroxylation sites is 2. The van der Waals surface area contributed by atoms with Gasteiger partial charge in [0.1, 0.15) is 5.70 Å². The molecule has 2 N–H and O–H groups in total. The number of carbonyl (C=O) groups excluding carboxylic acids is 1. The van der Waals surface area contributed by atoms with Gasteiger partial charge in [-0.3, -0.25) is 9.36 Å². The van der Waals surface area contributed by atoms with Crippen LogP contribution in [-0.4, -0.2) is 15.5 Å². The summed E-state index contributed by atoms with van der Waals surface area (Å²) in [6, 6.07) is 18.3. The molecule has 2 aromatic heterocycles. The van der Waals surface area contributed by atoms with E-state index in [0.29, 0.717) is 22.2 Å². The van der Waals surface area contributed by atoms with Crippen molar-refractivity contribution in [3.05, 3.63) is 77.5 Å². The summed E-state index contributed by atoms with van der Waals surface area (Å²) in [5, 5.41) is 0.523. The Labute approximate surface area is 154 Å². The van der Waals surface area contributed by atoms with Gasteiger partial charge in [-0.25, -0.2) is 4.98 Å². The highest BCUT2D eigenvalue weighted by Gasteiger charge is 2.20. The van der Waals surface area contributed by atoms with Gasteiger partial charge in [-0.2, -0.15) is 0 Å². The molecular weight excluding hydrogens is 350 g/mol. The van der Waals surface area contributed by atoms with Crippen molar-refractivity contribution in [2.24, 2.45) is 5.73 Å². The predicted octanol–water partition coefficient (Wildman–Crippen LogP) is 4.43. The lowest BCUT2D eigenvalue weighted by molar-refractivity contribution is -0.113. The minimum atomic E-state index is -0.596. The normalized spacial score (nSPS) is 11.8. The molecule has 2 heterocycles. The molecule has 128 valence electrons. The van der Waals surface area contributed by atoms with Crippen LogP contribution >= 0.6 is 11.6 Å². The minimum absolute atomic E-state index is 0.248. The number of imidazole rings is 1. The Morgan fingerprint density at radius 3 is 2.58 bits per heavy atom. The Hall–Kier alpha value is -3.31. The summed E-state index contributed by atoms with van der Waals surface area (Å²) in [6.07, 6.45) is 3.21. The van der Waals surface area contributed by atoms with Crippen LogP contribution in [0.3, 0.4) is 0 Å². The van der Waals surface area contributed by atoms with Crippen LogP contribution in [0.1, 0.15) is 5.56 Å². The quantitative estimate of drug-likeness (QED) is 0.545. The van der Waals surface area contributed by atoms with Crippen molar-refractivity contribution in [3.63, 3.8) is 0 Å². The fraction of sp³-hybridized carbons (Fsp3) is 0. The maximum Gasteiger partial charge on any atom is 0.265 e. The van der Waals surface area contributed by atoms with Crippen molar-refractivity contribution >= 4 is 40.3 Å². The molecule has 0 saturated carbocycles. The number of furan rings is 1. The number of nitrogens with zero attached hydrogens (tertiary/aromatic N) is 2. The summed E-state index contributed by atoms with van der Waals surface area (Å²) >= 11 is 6.25. The molecule has 4 rings (SSSR count). The fourth-order valence-electron chi connectivity index (χ4n) is 2.83. The van der Waals surface area contributed by atoms with Gasteiger partial charge in [0.15, 0.2) is 11.6 Å². The van der Waals surface area contributed by atoms with Crippen LogP contribution in [0.25, 0.3) is 34.4 Å². The zero-order valence-corrected chi connectivity index (χ0v) is 14.4. The summed E-state index contributed by atoms with van der Waals surface area (Å²) in [4.78, 5) is 16.9. The maximum absolute atomic E-state index is 12.3. The number of fused-ring (bicyclic) bond motifs is 1. The van der Waals surface area contributed by atoms with Crippen LogP contribution in [0, 0.1) is 0 Å². The first-order valence-corrected chi connectivity index (χ1v) is 8.30. The van der Waals surface area contributed by atoms with Gasteiger partial charge >= 0.3 is 0 Å². The number of halogens is 1. The van der Waals surface area contributed by atoms with Crippen molar-refractivity contribution in [1.29, 1.82) is 0 Å². The maximum atomic E-state index is 12.3. The number of rotatable bonds is 4. The summed E-state index contributed by atoms with van der Waals surface area (Å²) < 4.78 is 7.20. The van der Waals surface area contributed by atoms with Crippen LogP contribution < -0.4 is 5.73 Å². The van der Waals surface area contributed by atoms with E-state index in [1.165, 1.54) is 0 Å². The first-order chi connectivity index (χ1) is 12.6. The number of primary amides is 1. The van der Waals surface area contributed by atoms with Gasteiger partial charge in [-0.1, -0.05) is 41.9 Å². The highest BCUT2D eigenvalue weighted by atomic mass is 35.5. The van der Waals surface area contributed by atoms with Crippen LogP contribution in [0.2, 0.25) is 5.02 Å². The first kappa shape index (κ1) is 16.2. The van der Waals surface area contributed by atoms with E-state index in [2.05, 4.69) is 4.98 Å². The third kappa shape index (κ3) is 2.78. The van der Waals surface area contributed by atoms with Crippen molar-refractivity contribution in [3.8, 4) is 11.6 Å². The molecule has 0 radical (unpaired) electrons. The highest BCUT2D eigenvalue weighted by molar-refractivity contribution is 6.32. The molecule has 6 heteroatoms. The zero-order valence-electron chi connectivity index (χ0n) is 13.6. The summed E-state index contributed by atoms with van der Waals surface area (Å²) in [6.45, 7) is 0. The molecule has 0 spiro atoms. The molecule has 0 aliphatic rings. The molecular formula is C20H14ClN3O2. The largest absolute Gasteiger partial charge is 0.461 e. The first-order valence-electron chi connectivity index (χ1n) is 7.93. The Balaban J connectivity index is 2.03. The molecule has 1 amide bonds. The molecule has 4 aromatic rings. The third-order valence-electron chi connectivity index (χ3n) is 3.99. The lowest BCUT2D eigenvalue weighted by Crippen LogP contribution is -2.18. The van der Waals surface area contributed by atoms with Gasteiger partial charge in [-0.05, 0) is 42.0 Å². The zero-order chi connectivity index (χ0) is 18.1. The van der Waals surface area contributed by atoms with E-state index in [0.717, 1.165) is 11.0 Å². The van der Waals surface area contributed by atoms with E-state index in [9.17, 15) is 4.79 Å². The van der Waals surface area contributed by atoms with Crippen LogP contribution in [0.5, 0.6) is 0 Å². The second kappa shape index (κ2) is 6.54. The Morgan fingerprint density at radius 1 is 1.08 bits per heavy atom. The van der Waals surface area contributed by atoms with E-state index in [-0.39, 0.29) is 5.70 Å². The number of hydrogen-bond acceptors (Lipinski definition) is 3. The van der Waals surface area contributed by atoms with Crippen LogP contribution in [-0.2, 0) is 4.79 Å². The highest BCUT2D eigenvalue weighted by Crippen LogP contribution is 2.30. The lowest BCUT2D eigenvalue weighted by Gasteiger charge is -2.10. The Bertz CT molecular complexity index is 1130. The van der Waals surface area contributed by atoms with Crippen molar-refractivity contribution in [2.75, 3.05) is 0 Å². The summed E-state index contributed by atoms with van der Waals surface area (Å²) in [5.41, 5.74) is 8.12. The van der Waals surface area contributed by atoms with E-state index in [1.54, 1.807) is 35.1 Å². The van der Waals surface area contributed by atoms with Gasteiger partial charge in [0.2, 0.25) is 0 Å². The van der Waals surface area contributed by atoms with Gasteiger partial charge < -0.3 is 10.2 Å². The molecule has 5 nitrogen and oxygen atoms in total. The van der Waals surface area contributed by atoms with E-state index < -0.39 is 5.91 Å². The van der Waals surface area contributed by atoms with Gasteiger partial charge in [0, 0.05) is 5.02 Å². The molecule has 0 aliphatic heterocycles. The molecule has 2 aromatic carbocycles. The molecule has 0 saturated heterocycles. The smallest absolute Gasteiger partial charge is 0.265 e. The second-order valence-corrected chi connectivity index (χ2v) is 6.06. The summed E-state index contributed by atoms with van der Waals surface area (Å²) in [7, 11) is 0. The Morgan fingerprint density at radius 2 is 1.85 bits per heavy atom. The molecule has 0 fully saturated rings. The molecule has 0 atom stereocenters.